The van der Waals surface area contributed by atoms with Crippen LogP contribution in [0.3, 0.4) is 0 Å². The number of methoxy groups -OCH3 is 2. The lowest BCUT2D eigenvalue weighted by Crippen LogP contribution is -2.20. The number of fused-ring (bicyclic) bond motifs is 1. The van der Waals surface area contributed by atoms with Gasteiger partial charge in [0.15, 0.2) is 0 Å². The van der Waals surface area contributed by atoms with Crippen molar-refractivity contribution in [3.63, 3.8) is 0 Å². The summed E-state index contributed by atoms with van der Waals surface area (Å²) in [6.45, 7) is 3.87. The van der Waals surface area contributed by atoms with Gasteiger partial charge in [-0.1, -0.05) is 45.7 Å². The van der Waals surface area contributed by atoms with Gasteiger partial charge < -0.3 is 24.6 Å². The molecule has 0 unspecified atom stereocenters. The normalized spacial score (nSPS) is 15.6. The molecule has 0 saturated carbocycles. The number of ether oxygens (including phenoxy) is 3. The van der Waals surface area contributed by atoms with Crippen molar-refractivity contribution in [2.75, 3.05) is 14.2 Å². The van der Waals surface area contributed by atoms with Crippen molar-refractivity contribution in [1.82, 2.24) is 0 Å². The number of hydrogen-bond donors (Lipinski definition) is 2. The summed E-state index contributed by atoms with van der Waals surface area (Å²) in [6.07, 6.45) is 4.42. The van der Waals surface area contributed by atoms with Crippen LogP contribution >= 0.6 is 11.6 Å². The molecule has 0 radical (unpaired) electrons. The number of carbonyl (C=O) groups excluding carboxylic acids is 1. The zero-order chi connectivity index (χ0) is 24.8. The predicted octanol–water partition coefficient (Wildman–Crippen LogP) is 5.54. The largest absolute Gasteiger partial charge is 0.496 e. The van der Waals surface area contributed by atoms with Gasteiger partial charge in [-0.2, -0.15) is 0 Å². The first-order valence-corrected chi connectivity index (χ1v) is 10.7. The summed E-state index contributed by atoms with van der Waals surface area (Å²) in [5.41, 5.74) is 2.80. The second-order valence-electron chi connectivity index (χ2n) is 7.65. The Morgan fingerprint density at radius 1 is 1.06 bits per heavy atom. The Bertz CT molecular complexity index is 1210. The molecule has 1 aliphatic rings. The van der Waals surface area contributed by atoms with Crippen LogP contribution in [0.15, 0.2) is 64.4 Å². The van der Waals surface area contributed by atoms with Gasteiger partial charge in [-0.15, -0.1) is 0 Å². The minimum Gasteiger partial charge on any atom is -0.496 e. The topological polar surface area (TPSA) is 110 Å². The Balaban J connectivity index is 2.22. The molecule has 0 aliphatic heterocycles. The Morgan fingerprint density at radius 2 is 1.71 bits per heavy atom. The molecule has 8 nitrogen and oxygen atoms in total. The zero-order valence-electron chi connectivity index (χ0n) is 19.2. The second kappa shape index (κ2) is 10.9. The third-order valence-electron chi connectivity index (χ3n) is 5.25. The SMILES string of the molecule is COc1cc([C@H](CC=C(C)C)OC(=O)c2ccccc2Cl)c(OC)c2c1C(=NO)C=CC2=NO. The average molecular weight is 485 g/mol. The molecule has 0 heterocycles. The van der Waals surface area contributed by atoms with Crippen LogP contribution in [0.25, 0.3) is 0 Å². The summed E-state index contributed by atoms with van der Waals surface area (Å²) in [5.74, 6) is -0.00152. The summed E-state index contributed by atoms with van der Waals surface area (Å²) < 4.78 is 17.2. The Hall–Kier alpha value is -3.78. The molecule has 0 aromatic heterocycles. The average Bonchev–Trinajstić information content (AvgIpc) is 2.84. The number of halogens is 1. The van der Waals surface area contributed by atoms with E-state index >= 15 is 0 Å². The number of allylic oxidation sites excluding steroid dienone is 3. The number of rotatable bonds is 7. The number of oxime groups is 2. The predicted molar refractivity (Wildman–Crippen MR) is 129 cm³/mol. The molecule has 0 spiro atoms. The van der Waals surface area contributed by atoms with Crippen LogP contribution in [0.4, 0.5) is 0 Å². The maximum atomic E-state index is 13.0. The fourth-order valence-corrected chi connectivity index (χ4v) is 3.88. The molecule has 0 fully saturated rings. The number of carbonyl (C=O) groups is 1. The first-order valence-electron chi connectivity index (χ1n) is 10.4. The van der Waals surface area contributed by atoms with E-state index in [4.69, 9.17) is 25.8 Å². The third kappa shape index (κ3) is 4.92. The van der Waals surface area contributed by atoms with Crippen LogP contribution in [0.1, 0.15) is 53.4 Å². The van der Waals surface area contributed by atoms with Crippen molar-refractivity contribution in [3.05, 3.63) is 81.4 Å². The van der Waals surface area contributed by atoms with E-state index < -0.39 is 12.1 Å². The van der Waals surface area contributed by atoms with E-state index in [2.05, 4.69) is 10.3 Å². The van der Waals surface area contributed by atoms with Crippen LogP contribution in [0.5, 0.6) is 11.5 Å². The molecule has 0 saturated heterocycles. The zero-order valence-corrected chi connectivity index (χ0v) is 20.0. The highest BCUT2D eigenvalue weighted by Gasteiger charge is 2.32. The third-order valence-corrected chi connectivity index (χ3v) is 5.58. The van der Waals surface area contributed by atoms with Gasteiger partial charge in [-0.05, 0) is 44.2 Å². The first kappa shape index (κ1) is 24.9. The summed E-state index contributed by atoms with van der Waals surface area (Å²) in [4.78, 5) is 13.0. The fourth-order valence-electron chi connectivity index (χ4n) is 3.67. The molecular weight excluding hydrogens is 460 g/mol. The van der Waals surface area contributed by atoms with E-state index in [1.807, 2.05) is 19.9 Å². The lowest BCUT2D eigenvalue weighted by atomic mass is 9.88. The first-order chi connectivity index (χ1) is 16.4. The number of esters is 1. The van der Waals surface area contributed by atoms with E-state index in [1.165, 1.54) is 26.4 Å². The van der Waals surface area contributed by atoms with Crippen molar-refractivity contribution in [1.29, 1.82) is 0 Å². The highest BCUT2D eigenvalue weighted by atomic mass is 35.5. The van der Waals surface area contributed by atoms with E-state index in [0.29, 0.717) is 28.9 Å². The summed E-state index contributed by atoms with van der Waals surface area (Å²) in [6, 6.07) is 8.26. The molecule has 0 bridgehead atoms. The molecule has 2 aromatic rings. The second-order valence-corrected chi connectivity index (χ2v) is 8.05. The van der Waals surface area contributed by atoms with Crippen LogP contribution in [0, 0.1) is 0 Å². The number of hydrogen-bond acceptors (Lipinski definition) is 8. The van der Waals surface area contributed by atoms with Gasteiger partial charge in [0.05, 0.1) is 35.9 Å². The maximum Gasteiger partial charge on any atom is 0.340 e. The molecular formula is C25H25ClN2O6. The lowest BCUT2D eigenvalue weighted by molar-refractivity contribution is 0.0297. The summed E-state index contributed by atoms with van der Waals surface area (Å²) in [5, 5.41) is 26.1. The highest BCUT2D eigenvalue weighted by Crippen LogP contribution is 2.42. The van der Waals surface area contributed by atoms with E-state index in [0.717, 1.165) is 5.57 Å². The molecule has 1 atom stereocenters. The lowest BCUT2D eigenvalue weighted by Gasteiger charge is -2.26. The summed E-state index contributed by atoms with van der Waals surface area (Å²) >= 11 is 6.20. The van der Waals surface area contributed by atoms with E-state index in [-0.39, 0.29) is 27.8 Å². The number of benzene rings is 2. The molecule has 3 rings (SSSR count). The van der Waals surface area contributed by atoms with Crippen molar-refractivity contribution in [3.8, 4) is 11.5 Å². The quantitative estimate of drug-likeness (QED) is 0.231. The molecule has 178 valence electrons. The monoisotopic (exact) mass is 484 g/mol. The van der Waals surface area contributed by atoms with Gasteiger partial charge in [0, 0.05) is 12.0 Å². The van der Waals surface area contributed by atoms with Crippen LogP contribution in [-0.4, -0.2) is 42.0 Å². The standard InChI is InChI=1S/C25H25ClN2O6/c1-14(2)9-12-20(34-25(29)15-7-5-6-8-17(15)26)16-13-21(32-3)22-18(27-30)10-11-19(28-31)23(22)24(16)33-4/h5-11,13,20,30-31H,12H2,1-4H3/t20-/m0/s1. The minimum absolute atomic E-state index is 0.165. The van der Waals surface area contributed by atoms with Gasteiger partial charge in [0.1, 0.15) is 29.0 Å². The maximum absolute atomic E-state index is 13.0. The number of nitrogens with zero attached hydrogens (tertiary/aromatic N) is 2. The van der Waals surface area contributed by atoms with Crippen molar-refractivity contribution in [2.45, 2.75) is 26.4 Å². The van der Waals surface area contributed by atoms with Gasteiger partial charge in [0.2, 0.25) is 0 Å². The van der Waals surface area contributed by atoms with Gasteiger partial charge in [-0.25, -0.2) is 4.79 Å². The van der Waals surface area contributed by atoms with E-state index in [1.54, 1.807) is 30.3 Å². The smallest absolute Gasteiger partial charge is 0.340 e. The minimum atomic E-state index is -0.798. The highest BCUT2D eigenvalue weighted by molar-refractivity contribution is 6.33. The molecule has 9 heteroatoms. The van der Waals surface area contributed by atoms with Gasteiger partial charge in [0.25, 0.3) is 0 Å². The fraction of sp³-hybridized carbons (Fsp3) is 0.240. The summed E-state index contributed by atoms with van der Waals surface area (Å²) in [7, 11) is 2.90. The van der Waals surface area contributed by atoms with Gasteiger partial charge >= 0.3 is 5.97 Å². The Labute approximate surface area is 202 Å². The van der Waals surface area contributed by atoms with Crippen molar-refractivity contribution < 1.29 is 29.4 Å². The van der Waals surface area contributed by atoms with Crippen molar-refractivity contribution in [2.24, 2.45) is 10.3 Å². The molecule has 2 N–H and O–H groups in total. The molecule has 1 aliphatic carbocycles. The van der Waals surface area contributed by atoms with Crippen LogP contribution in [0.2, 0.25) is 5.02 Å². The molecule has 0 amide bonds. The Morgan fingerprint density at radius 3 is 2.26 bits per heavy atom. The molecule has 2 aromatic carbocycles. The van der Waals surface area contributed by atoms with Crippen LogP contribution < -0.4 is 9.47 Å². The van der Waals surface area contributed by atoms with Crippen molar-refractivity contribution >= 4 is 29.0 Å². The van der Waals surface area contributed by atoms with Gasteiger partial charge in [-0.3, -0.25) is 0 Å². The van der Waals surface area contributed by atoms with E-state index in [9.17, 15) is 15.2 Å². The van der Waals surface area contributed by atoms with Crippen LogP contribution in [-0.2, 0) is 4.74 Å². The Kier molecular flexibility index (Phi) is 7.96. The molecule has 34 heavy (non-hydrogen) atoms.